The van der Waals surface area contributed by atoms with E-state index in [0.29, 0.717) is 12.5 Å². The Morgan fingerprint density at radius 2 is 1.92 bits per heavy atom. The van der Waals surface area contributed by atoms with Gasteiger partial charge in [0.25, 0.3) is 0 Å². The summed E-state index contributed by atoms with van der Waals surface area (Å²) >= 11 is 0. The average molecular weight is 172 g/mol. The van der Waals surface area contributed by atoms with Crippen molar-refractivity contribution in [2.75, 3.05) is 6.61 Å². The van der Waals surface area contributed by atoms with E-state index in [9.17, 15) is 4.79 Å². The molecule has 1 atom stereocenters. The standard InChI is InChI=1S/C10H20O2/c1-5-9(4)10(11)12-7-6-8(2)3/h8-9H,5-7H2,1-4H3/t9-/m0/s1. The number of carbonyl (C=O) groups is 1. The third-order valence-electron chi connectivity index (χ3n) is 1.95. The minimum Gasteiger partial charge on any atom is -0.465 e. The van der Waals surface area contributed by atoms with Gasteiger partial charge < -0.3 is 4.74 Å². The van der Waals surface area contributed by atoms with Crippen LogP contribution in [-0.4, -0.2) is 12.6 Å². The van der Waals surface area contributed by atoms with E-state index in [4.69, 9.17) is 4.74 Å². The van der Waals surface area contributed by atoms with Crippen molar-refractivity contribution < 1.29 is 9.53 Å². The zero-order valence-electron chi connectivity index (χ0n) is 8.59. The minimum atomic E-state index is -0.0573. The third-order valence-corrected chi connectivity index (χ3v) is 1.95. The molecule has 0 aliphatic heterocycles. The fourth-order valence-corrected chi connectivity index (χ4v) is 0.704. The summed E-state index contributed by atoms with van der Waals surface area (Å²) in [6, 6.07) is 0. The molecule has 0 spiro atoms. The maximum absolute atomic E-state index is 11.1. The highest BCUT2D eigenvalue weighted by molar-refractivity contribution is 5.71. The summed E-state index contributed by atoms with van der Waals surface area (Å²) in [4.78, 5) is 11.1. The van der Waals surface area contributed by atoms with E-state index in [1.807, 2.05) is 13.8 Å². The molecule has 0 radical (unpaired) electrons. The van der Waals surface area contributed by atoms with Gasteiger partial charge in [-0.1, -0.05) is 27.7 Å². The molecular formula is C10H20O2. The van der Waals surface area contributed by atoms with Crippen LogP contribution in [-0.2, 0) is 9.53 Å². The molecule has 12 heavy (non-hydrogen) atoms. The molecule has 0 amide bonds. The van der Waals surface area contributed by atoms with Crippen LogP contribution in [0.25, 0.3) is 0 Å². The van der Waals surface area contributed by atoms with Crippen LogP contribution >= 0.6 is 0 Å². The summed E-state index contributed by atoms with van der Waals surface area (Å²) in [5.41, 5.74) is 0. The number of esters is 1. The first-order valence-corrected chi connectivity index (χ1v) is 4.74. The zero-order valence-corrected chi connectivity index (χ0v) is 8.59. The van der Waals surface area contributed by atoms with Crippen LogP contribution < -0.4 is 0 Å². The van der Waals surface area contributed by atoms with Gasteiger partial charge in [-0.25, -0.2) is 0 Å². The molecule has 0 aromatic heterocycles. The lowest BCUT2D eigenvalue weighted by molar-refractivity contribution is -0.148. The van der Waals surface area contributed by atoms with Crippen LogP contribution in [0.5, 0.6) is 0 Å². The summed E-state index contributed by atoms with van der Waals surface area (Å²) in [7, 11) is 0. The van der Waals surface area contributed by atoms with Crippen molar-refractivity contribution in [3.05, 3.63) is 0 Å². The molecule has 0 bridgehead atoms. The SMILES string of the molecule is CC[C@H](C)C(=O)OCCC(C)C. The Morgan fingerprint density at radius 3 is 2.33 bits per heavy atom. The van der Waals surface area contributed by atoms with Gasteiger partial charge in [0.15, 0.2) is 0 Å². The zero-order chi connectivity index (χ0) is 9.56. The number of hydrogen-bond donors (Lipinski definition) is 0. The minimum absolute atomic E-state index is 0.0529. The molecular weight excluding hydrogens is 152 g/mol. The number of ether oxygens (including phenoxy) is 1. The Labute approximate surface area is 75.3 Å². The summed E-state index contributed by atoms with van der Waals surface area (Å²) in [5.74, 6) is 0.602. The van der Waals surface area contributed by atoms with Gasteiger partial charge in [0.2, 0.25) is 0 Å². The van der Waals surface area contributed by atoms with E-state index < -0.39 is 0 Å². The first kappa shape index (κ1) is 11.5. The highest BCUT2D eigenvalue weighted by Gasteiger charge is 2.11. The van der Waals surface area contributed by atoms with Crippen molar-refractivity contribution in [2.24, 2.45) is 11.8 Å². The molecule has 0 aromatic rings. The van der Waals surface area contributed by atoms with Crippen molar-refractivity contribution in [1.29, 1.82) is 0 Å². The highest BCUT2D eigenvalue weighted by Crippen LogP contribution is 2.05. The lowest BCUT2D eigenvalue weighted by Crippen LogP contribution is -2.15. The topological polar surface area (TPSA) is 26.3 Å². The van der Waals surface area contributed by atoms with Crippen molar-refractivity contribution in [3.63, 3.8) is 0 Å². The smallest absolute Gasteiger partial charge is 0.308 e. The lowest BCUT2D eigenvalue weighted by atomic mass is 10.1. The van der Waals surface area contributed by atoms with Crippen LogP contribution in [0, 0.1) is 11.8 Å². The third kappa shape index (κ3) is 5.16. The van der Waals surface area contributed by atoms with Gasteiger partial charge in [0.05, 0.1) is 12.5 Å². The summed E-state index contributed by atoms with van der Waals surface area (Å²) in [6.45, 7) is 8.71. The van der Waals surface area contributed by atoms with E-state index in [1.54, 1.807) is 0 Å². The van der Waals surface area contributed by atoms with E-state index in [2.05, 4.69) is 13.8 Å². The Hall–Kier alpha value is -0.530. The van der Waals surface area contributed by atoms with Crippen molar-refractivity contribution >= 4 is 5.97 Å². The molecule has 72 valence electrons. The fraction of sp³-hybridized carbons (Fsp3) is 0.900. The maximum atomic E-state index is 11.1. The average Bonchev–Trinajstić information content (AvgIpc) is 2.02. The van der Waals surface area contributed by atoms with Crippen LogP contribution in [0.3, 0.4) is 0 Å². The number of hydrogen-bond acceptors (Lipinski definition) is 2. The molecule has 2 nitrogen and oxygen atoms in total. The van der Waals surface area contributed by atoms with Gasteiger partial charge in [-0.3, -0.25) is 4.79 Å². The Balaban J connectivity index is 3.44. The van der Waals surface area contributed by atoms with Crippen LogP contribution in [0.2, 0.25) is 0 Å². The molecule has 0 N–H and O–H groups in total. The van der Waals surface area contributed by atoms with Crippen LogP contribution in [0.1, 0.15) is 40.5 Å². The predicted octanol–water partition coefficient (Wildman–Crippen LogP) is 2.62. The first-order valence-electron chi connectivity index (χ1n) is 4.74. The maximum Gasteiger partial charge on any atom is 0.308 e. The quantitative estimate of drug-likeness (QED) is 0.596. The molecule has 0 aromatic carbocycles. The summed E-state index contributed by atoms with van der Waals surface area (Å²) in [5, 5.41) is 0. The molecule has 0 aliphatic carbocycles. The van der Waals surface area contributed by atoms with Crippen molar-refractivity contribution in [3.8, 4) is 0 Å². The van der Waals surface area contributed by atoms with Gasteiger partial charge in [0.1, 0.15) is 0 Å². The fourth-order valence-electron chi connectivity index (χ4n) is 0.704. The highest BCUT2D eigenvalue weighted by atomic mass is 16.5. The second-order valence-corrected chi connectivity index (χ2v) is 3.66. The Bertz CT molecular complexity index is 130. The molecule has 2 heteroatoms. The van der Waals surface area contributed by atoms with Gasteiger partial charge in [0, 0.05) is 0 Å². The summed E-state index contributed by atoms with van der Waals surface area (Å²) < 4.78 is 5.07. The molecule has 0 aliphatic rings. The second-order valence-electron chi connectivity index (χ2n) is 3.66. The first-order chi connectivity index (χ1) is 5.57. The molecule has 0 saturated heterocycles. The van der Waals surface area contributed by atoms with E-state index in [1.165, 1.54) is 0 Å². The van der Waals surface area contributed by atoms with Crippen molar-refractivity contribution in [1.82, 2.24) is 0 Å². The molecule has 0 unspecified atom stereocenters. The van der Waals surface area contributed by atoms with Gasteiger partial charge in [-0.15, -0.1) is 0 Å². The summed E-state index contributed by atoms with van der Waals surface area (Å²) in [6.07, 6.45) is 1.82. The molecule has 0 heterocycles. The molecule has 0 fully saturated rings. The molecule has 0 saturated carbocycles. The Morgan fingerprint density at radius 1 is 1.33 bits per heavy atom. The molecule has 0 rings (SSSR count). The van der Waals surface area contributed by atoms with E-state index in [0.717, 1.165) is 12.8 Å². The number of rotatable bonds is 5. The number of carbonyl (C=O) groups excluding carboxylic acids is 1. The monoisotopic (exact) mass is 172 g/mol. The lowest BCUT2D eigenvalue weighted by Gasteiger charge is -2.09. The Kier molecular flexibility index (Phi) is 5.77. The van der Waals surface area contributed by atoms with E-state index in [-0.39, 0.29) is 11.9 Å². The van der Waals surface area contributed by atoms with Gasteiger partial charge >= 0.3 is 5.97 Å². The second kappa shape index (κ2) is 6.04. The van der Waals surface area contributed by atoms with Crippen LogP contribution in [0.15, 0.2) is 0 Å². The van der Waals surface area contributed by atoms with Gasteiger partial charge in [-0.05, 0) is 18.8 Å². The predicted molar refractivity (Wildman–Crippen MR) is 49.9 cm³/mol. The normalized spacial score (nSPS) is 13.1. The van der Waals surface area contributed by atoms with E-state index >= 15 is 0 Å². The van der Waals surface area contributed by atoms with Crippen molar-refractivity contribution in [2.45, 2.75) is 40.5 Å². The van der Waals surface area contributed by atoms with Crippen LogP contribution in [0.4, 0.5) is 0 Å². The largest absolute Gasteiger partial charge is 0.465 e. The van der Waals surface area contributed by atoms with Gasteiger partial charge in [-0.2, -0.15) is 0 Å².